The van der Waals surface area contributed by atoms with Crippen LogP contribution >= 0.6 is 0 Å². The van der Waals surface area contributed by atoms with Crippen LogP contribution in [-0.2, 0) is 30.8 Å². The Bertz CT molecular complexity index is 1280. The van der Waals surface area contributed by atoms with Crippen molar-refractivity contribution >= 4 is 27.6 Å². The molecule has 0 aromatic heterocycles. The zero-order valence-electron chi connectivity index (χ0n) is 19.4. The molecule has 0 saturated carbocycles. The Kier molecular flexibility index (Phi) is 8.73. The number of para-hydroxylation sites is 1. The van der Waals surface area contributed by atoms with Crippen molar-refractivity contribution in [1.82, 2.24) is 4.72 Å². The van der Waals surface area contributed by atoms with Crippen molar-refractivity contribution in [3.8, 4) is 0 Å². The fourth-order valence-corrected chi connectivity index (χ4v) is 4.79. The number of benzene rings is 3. The van der Waals surface area contributed by atoms with Crippen LogP contribution in [0.1, 0.15) is 25.0 Å². The summed E-state index contributed by atoms with van der Waals surface area (Å²) in [5.74, 6) is -2.96. The molecule has 184 valence electrons. The van der Waals surface area contributed by atoms with Gasteiger partial charge in [-0.05, 0) is 41.7 Å². The number of halogens is 1. The first-order valence-electron chi connectivity index (χ1n) is 11.0. The van der Waals surface area contributed by atoms with E-state index in [9.17, 15) is 22.4 Å². The third kappa shape index (κ3) is 7.21. The number of sulfonamides is 1. The van der Waals surface area contributed by atoms with Gasteiger partial charge in [-0.25, -0.2) is 12.8 Å². The minimum absolute atomic E-state index is 0.515. The van der Waals surface area contributed by atoms with Crippen molar-refractivity contribution in [2.75, 3.05) is 11.9 Å². The van der Waals surface area contributed by atoms with Crippen LogP contribution in [0.2, 0.25) is 0 Å². The highest BCUT2D eigenvalue weighted by Gasteiger charge is 2.31. The molecule has 0 bridgehead atoms. The van der Waals surface area contributed by atoms with Crippen molar-refractivity contribution in [3.05, 3.63) is 95.8 Å². The SMILES string of the molecule is CC(C)C(NS(=O)(=O)c1ccccc1F)C(=O)OCC(=O)Nc1ccccc1Cc1ccccc1. The van der Waals surface area contributed by atoms with Crippen molar-refractivity contribution in [2.24, 2.45) is 5.92 Å². The molecule has 9 heteroatoms. The van der Waals surface area contributed by atoms with Gasteiger partial charge in [0.1, 0.15) is 16.8 Å². The Labute approximate surface area is 204 Å². The van der Waals surface area contributed by atoms with E-state index in [1.165, 1.54) is 12.1 Å². The summed E-state index contributed by atoms with van der Waals surface area (Å²) in [7, 11) is -4.33. The van der Waals surface area contributed by atoms with Crippen molar-refractivity contribution in [2.45, 2.75) is 31.2 Å². The second-order valence-electron chi connectivity index (χ2n) is 8.25. The Morgan fingerprint density at radius 3 is 2.23 bits per heavy atom. The molecule has 7 nitrogen and oxygen atoms in total. The number of hydrogen-bond donors (Lipinski definition) is 2. The van der Waals surface area contributed by atoms with Gasteiger partial charge in [0.15, 0.2) is 6.61 Å². The van der Waals surface area contributed by atoms with Gasteiger partial charge >= 0.3 is 5.97 Å². The van der Waals surface area contributed by atoms with E-state index in [2.05, 4.69) is 10.0 Å². The normalized spacial score (nSPS) is 12.2. The third-order valence-corrected chi connectivity index (χ3v) is 6.68. The summed E-state index contributed by atoms with van der Waals surface area (Å²) in [5.41, 5.74) is 2.54. The number of ether oxygens (including phenoxy) is 1. The molecule has 0 aliphatic rings. The molecule has 3 rings (SSSR count). The summed E-state index contributed by atoms with van der Waals surface area (Å²) in [6, 6.07) is 20.6. The Balaban J connectivity index is 1.63. The predicted molar refractivity (Wildman–Crippen MR) is 131 cm³/mol. The molecule has 3 aromatic carbocycles. The number of amides is 1. The summed E-state index contributed by atoms with van der Waals surface area (Å²) >= 11 is 0. The Hall–Kier alpha value is -3.56. The molecule has 0 aliphatic carbocycles. The maximum atomic E-state index is 14.0. The lowest BCUT2D eigenvalue weighted by Gasteiger charge is -2.21. The van der Waals surface area contributed by atoms with Gasteiger partial charge in [0.05, 0.1) is 0 Å². The van der Waals surface area contributed by atoms with Crippen LogP contribution in [0.5, 0.6) is 0 Å². The average Bonchev–Trinajstić information content (AvgIpc) is 2.83. The number of carbonyl (C=O) groups is 2. The van der Waals surface area contributed by atoms with E-state index < -0.39 is 51.2 Å². The summed E-state index contributed by atoms with van der Waals surface area (Å²) in [4.78, 5) is 24.5. The highest BCUT2D eigenvalue weighted by atomic mass is 32.2. The van der Waals surface area contributed by atoms with Crippen LogP contribution < -0.4 is 10.0 Å². The maximum Gasteiger partial charge on any atom is 0.324 e. The number of hydrogen-bond acceptors (Lipinski definition) is 5. The molecule has 0 heterocycles. The molecule has 2 N–H and O–H groups in total. The van der Waals surface area contributed by atoms with Gasteiger partial charge in [-0.2, -0.15) is 4.72 Å². The van der Waals surface area contributed by atoms with E-state index in [1.807, 2.05) is 42.5 Å². The summed E-state index contributed by atoms with van der Waals surface area (Å²) in [6.45, 7) is 2.61. The number of esters is 1. The molecule has 1 unspecified atom stereocenters. The fraction of sp³-hybridized carbons (Fsp3) is 0.231. The van der Waals surface area contributed by atoms with E-state index in [0.717, 1.165) is 23.3 Å². The van der Waals surface area contributed by atoms with Crippen LogP contribution in [0.4, 0.5) is 10.1 Å². The number of carbonyl (C=O) groups excluding carboxylic acids is 2. The van der Waals surface area contributed by atoms with E-state index in [0.29, 0.717) is 12.1 Å². The first kappa shape index (κ1) is 26.1. The van der Waals surface area contributed by atoms with Crippen LogP contribution in [-0.4, -0.2) is 32.9 Å². The summed E-state index contributed by atoms with van der Waals surface area (Å²) in [6.07, 6.45) is 0.602. The van der Waals surface area contributed by atoms with Crippen LogP contribution in [0, 0.1) is 11.7 Å². The van der Waals surface area contributed by atoms with Gasteiger partial charge in [-0.3, -0.25) is 9.59 Å². The van der Waals surface area contributed by atoms with E-state index >= 15 is 0 Å². The first-order valence-corrected chi connectivity index (χ1v) is 12.5. The lowest BCUT2D eigenvalue weighted by molar-refractivity contribution is -0.150. The van der Waals surface area contributed by atoms with Gasteiger partial charge in [-0.1, -0.05) is 74.5 Å². The number of rotatable bonds is 10. The summed E-state index contributed by atoms with van der Waals surface area (Å²) in [5, 5.41) is 2.73. The van der Waals surface area contributed by atoms with Gasteiger partial charge in [-0.15, -0.1) is 0 Å². The molecular weight excluding hydrogens is 471 g/mol. The zero-order valence-corrected chi connectivity index (χ0v) is 20.2. The lowest BCUT2D eigenvalue weighted by atomic mass is 10.0. The predicted octanol–water partition coefficient (Wildman–Crippen LogP) is 3.90. The van der Waals surface area contributed by atoms with Crippen LogP contribution in [0.15, 0.2) is 83.8 Å². The average molecular weight is 499 g/mol. The largest absolute Gasteiger partial charge is 0.454 e. The minimum atomic E-state index is -4.33. The standard InChI is InChI=1S/C26H27FN2O5S/c1-18(2)25(29-35(32,33)23-15-9-7-13-21(23)27)26(31)34-17-24(30)28-22-14-8-6-12-20(22)16-19-10-4-3-5-11-19/h3-15,18,25,29H,16-17H2,1-2H3,(H,28,30). The molecule has 3 aromatic rings. The first-order chi connectivity index (χ1) is 16.7. The van der Waals surface area contributed by atoms with Crippen molar-refractivity contribution < 1.29 is 27.1 Å². The maximum absolute atomic E-state index is 14.0. The van der Waals surface area contributed by atoms with Crippen LogP contribution in [0.3, 0.4) is 0 Å². The van der Waals surface area contributed by atoms with Crippen LogP contribution in [0.25, 0.3) is 0 Å². The van der Waals surface area contributed by atoms with E-state index in [-0.39, 0.29) is 0 Å². The highest BCUT2D eigenvalue weighted by Crippen LogP contribution is 2.19. The lowest BCUT2D eigenvalue weighted by Crippen LogP contribution is -2.46. The highest BCUT2D eigenvalue weighted by molar-refractivity contribution is 7.89. The van der Waals surface area contributed by atoms with E-state index in [1.54, 1.807) is 26.0 Å². The second-order valence-corrected chi connectivity index (χ2v) is 9.93. The van der Waals surface area contributed by atoms with Crippen molar-refractivity contribution in [1.29, 1.82) is 0 Å². The van der Waals surface area contributed by atoms with E-state index in [4.69, 9.17) is 4.74 Å². The molecule has 0 fully saturated rings. The zero-order chi connectivity index (χ0) is 25.4. The fourth-order valence-electron chi connectivity index (χ4n) is 3.37. The Morgan fingerprint density at radius 2 is 1.54 bits per heavy atom. The second kappa shape index (κ2) is 11.7. The molecule has 1 amide bonds. The molecule has 0 radical (unpaired) electrons. The number of anilines is 1. The van der Waals surface area contributed by atoms with Gasteiger partial charge in [0.25, 0.3) is 5.91 Å². The minimum Gasteiger partial charge on any atom is -0.454 e. The summed E-state index contributed by atoms with van der Waals surface area (Å²) < 4.78 is 46.5. The topological polar surface area (TPSA) is 102 Å². The molecule has 0 spiro atoms. The quantitative estimate of drug-likeness (QED) is 0.413. The van der Waals surface area contributed by atoms with Gasteiger partial charge in [0, 0.05) is 5.69 Å². The molecule has 35 heavy (non-hydrogen) atoms. The molecular formula is C26H27FN2O5S. The smallest absolute Gasteiger partial charge is 0.324 e. The molecule has 0 saturated heterocycles. The molecule has 0 aliphatic heterocycles. The van der Waals surface area contributed by atoms with Crippen molar-refractivity contribution in [3.63, 3.8) is 0 Å². The Morgan fingerprint density at radius 1 is 0.914 bits per heavy atom. The third-order valence-electron chi connectivity index (χ3n) is 5.20. The van der Waals surface area contributed by atoms with Gasteiger partial charge < -0.3 is 10.1 Å². The monoisotopic (exact) mass is 498 g/mol. The molecule has 1 atom stereocenters. The van der Waals surface area contributed by atoms with Gasteiger partial charge in [0.2, 0.25) is 10.0 Å². The number of nitrogens with one attached hydrogen (secondary N) is 2.